The van der Waals surface area contributed by atoms with Crippen molar-refractivity contribution in [2.75, 3.05) is 0 Å². The third-order valence-corrected chi connectivity index (χ3v) is 3.91. The fourth-order valence-corrected chi connectivity index (χ4v) is 3.15. The molecule has 3 aliphatic carbocycles. The van der Waals surface area contributed by atoms with E-state index in [4.69, 9.17) is 0 Å². The van der Waals surface area contributed by atoms with Gasteiger partial charge in [0, 0.05) is 0 Å². The molecule has 0 aromatic rings. The highest BCUT2D eigenvalue weighted by molar-refractivity contribution is 5.16. The summed E-state index contributed by atoms with van der Waals surface area (Å²) >= 11 is 0. The molecule has 0 aromatic heterocycles. The molecule has 0 bridgehead atoms. The van der Waals surface area contributed by atoms with Crippen LogP contribution in [-0.4, -0.2) is 0 Å². The maximum Gasteiger partial charge on any atom is -0.0238 e. The first-order valence-corrected chi connectivity index (χ1v) is 3.92. The molecule has 0 radical (unpaired) electrons. The lowest BCUT2D eigenvalue weighted by atomic mass is 9.71. The molecule has 8 heavy (non-hydrogen) atoms. The normalized spacial score (nSPS) is 66.0. The molecule has 0 aromatic carbocycles. The molecule has 2 unspecified atom stereocenters. The van der Waals surface area contributed by atoms with E-state index in [1.807, 2.05) is 0 Å². The van der Waals surface area contributed by atoms with Crippen LogP contribution in [-0.2, 0) is 0 Å². The van der Waals surface area contributed by atoms with Crippen molar-refractivity contribution in [2.24, 2.45) is 17.3 Å². The van der Waals surface area contributed by atoms with Crippen LogP contribution in [0.4, 0.5) is 0 Å². The first-order chi connectivity index (χ1) is 3.92. The van der Waals surface area contributed by atoms with Crippen LogP contribution in [0, 0.1) is 17.3 Å². The van der Waals surface area contributed by atoms with Gasteiger partial charge in [0.2, 0.25) is 0 Å². The first kappa shape index (κ1) is 3.92. The summed E-state index contributed by atoms with van der Waals surface area (Å²) in [5.74, 6) is 2.44. The highest BCUT2D eigenvalue weighted by Crippen LogP contribution is 2.75. The molecule has 3 rings (SSSR count). The summed E-state index contributed by atoms with van der Waals surface area (Å²) in [5.41, 5.74) is 1.00. The van der Waals surface area contributed by atoms with Gasteiger partial charge in [-0.05, 0) is 49.4 Å². The Hall–Kier alpha value is 0. The van der Waals surface area contributed by atoms with Crippen molar-refractivity contribution >= 4 is 0 Å². The Kier molecular flexibility index (Phi) is 0.427. The molecular formula is C8H12. The Bertz CT molecular complexity index is 133. The van der Waals surface area contributed by atoms with Crippen molar-refractivity contribution in [2.45, 2.75) is 32.1 Å². The fraction of sp³-hybridized carbons (Fsp3) is 1.00. The van der Waals surface area contributed by atoms with Crippen LogP contribution >= 0.6 is 0 Å². The van der Waals surface area contributed by atoms with E-state index in [-0.39, 0.29) is 0 Å². The molecule has 3 fully saturated rings. The third-order valence-electron chi connectivity index (χ3n) is 3.91. The molecule has 0 heteroatoms. The quantitative estimate of drug-likeness (QED) is 0.446. The van der Waals surface area contributed by atoms with Crippen LogP contribution in [0.1, 0.15) is 32.1 Å². The Morgan fingerprint density at radius 2 is 1.88 bits per heavy atom. The molecular weight excluding hydrogens is 96.1 g/mol. The van der Waals surface area contributed by atoms with Crippen LogP contribution < -0.4 is 0 Å². The number of hydrogen-bond acceptors (Lipinski definition) is 0. The summed E-state index contributed by atoms with van der Waals surface area (Å²) < 4.78 is 0. The van der Waals surface area contributed by atoms with E-state index in [0.29, 0.717) is 0 Å². The van der Waals surface area contributed by atoms with Gasteiger partial charge in [-0.1, -0.05) is 0 Å². The van der Waals surface area contributed by atoms with Crippen LogP contribution in [0.5, 0.6) is 0 Å². The van der Waals surface area contributed by atoms with Gasteiger partial charge in [0.15, 0.2) is 0 Å². The predicted molar refractivity (Wildman–Crippen MR) is 32.5 cm³/mol. The van der Waals surface area contributed by atoms with E-state index >= 15 is 0 Å². The van der Waals surface area contributed by atoms with Gasteiger partial charge in [-0.2, -0.15) is 0 Å². The smallest absolute Gasteiger partial charge is 0.0238 e. The summed E-state index contributed by atoms with van der Waals surface area (Å²) in [5, 5.41) is 0. The van der Waals surface area contributed by atoms with Gasteiger partial charge in [-0.25, -0.2) is 0 Å². The molecule has 1 spiro atoms. The molecule has 0 heterocycles. The number of rotatable bonds is 0. The molecule has 0 aliphatic heterocycles. The minimum atomic E-state index is 1.00. The van der Waals surface area contributed by atoms with Crippen LogP contribution in [0.15, 0.2) is 0 Å². The highest BCUT2D eigenvalue weighted by atomic mass is 14.7. The topological polar surface area (TPSA) is 0 Å². The predicted octanol–water partition coefficient (Wildman–Crippen LogP) is 2.20. The third kappa shape index (κ3) is 0.222. The van der Waals surface area contributed by atoms with E-state index in [0.717, 1.165) is 5.41 Å². The zero-order valence-corrected chi connectivity index (χ0v) is 5.19. The Morgan fingerprint density at radius 1 is 1.00 bits per heavy atom. The number of hydrogen-bond donors (Lipinski definition) is 0. The van der Waals surface area contributed by atoms with Crippen molar-refractivity contribution in [1.29, 1.82) is 0 Å². The maximum absolute atomic E-state index is 1.62. The average molecular weight is 108 g/mol. The molecule has 0 N–H and O–H groups in total. The zero-order chi connectivity index (χ0) is 5.19. The monoisotopic (exact) mass is 108 g/mol. The van der Waals surface area contributed by atoms with Gasteiger partial charge in [-0.3, -0.25) is 0 Å². The lowest BCUT2D eigenvalue weighted by molar-refractivity contribution is 0.165. The molecule has 3 atom stereocenters. The lowest BCUT2D eigenvalue weighted by Gasteiger charge is -2.33. The second-order valence-electron chi connectivity index (χ2n) is 3.95. The van der Waals surface area contributed by atoms with E-state index in [2.05, 4.69) is 0 Å². The van der Waals surface area contributed by atoms with Gasteiger partial charge >= 0.3 is 0 Å². The van der Waals surface area contributed by atoms with E-state index in [9.17, 15) is 0 Å². The summed E-state index contributed by atoms with van der Waals surface area (Å²) in [6.45, 7) is 0. The molecule has 44 valence electrons. The largest absolute Gasteiger partial charge is 0.0496 e. The van der Waals surface area contributed by atoms with Crippen LogP contribution in [0.2, 0.25) is 0 Å². The minimum Gasteiger partial charge on any atom is -0.0496 e. The maximum atomic E-state index is 1.62. The van der Waals surface area contributed by atoms with Gasteiger partial charge in [0.1, 0.15) is 0 Å². The SMILES string of the molecule is C1C[C@@H]2CC23CCC13. The van der Waals surface area contributed by atoms with Crippen molar-refractivity contribution < 1.29 is 0 Å². The van der Waals surface area contributed by atoms with E-state index in [1.165, 1.54) is 11.8 Å². The van der Waals surface area contributed by atoms with Crippen molar-refractivity contribution in [1.82, 2.24) is 0 Å². The highest BCUT2D eigenvalue weighted by Gasteiger charge is 2.66. The molecule has 3 aliphatic rings. The van der Waals surface area contributed by atoms with E-state index in [1.54, 1.807) is 32.1 Å². The minimum absolute atomic E-state index is 1.00. The molecule has 0 saturated heterocycles. The molecule has 3 saturated carbocycles. The van der Waals surface area contributed by atoms with Crippen molar-refractivity contribution in [3.63, 3.8) is 0 Å². The summed E-state index contributed by atoms with van der Waals surface area (Å²) in [6.07, 6.45) is 7.98. The van der Waals surface area contributed by atoms with Crippen LogP contribution in [0.3, 0.4) is 0 Å². The summed E-state index contributed by atoms with van der Waals surface area (Å²) in [7, 11) is 0. The fourth-order valence-electron chi connectivity index (χ4n) is 3.15. The Labute approximate surface area is 50.3 Å². The average Bonchev–Trinajstić information content (AvgIpc) is 2.36. The van der Waals surface area contributed by atoms with Gasteiger partial charge < -0.3 is 0 Å². The van der Waals surface area contributed by atoms with Crippen molar-refractivity contribution in [3.05, 3.63) is 0 Å². The standard InChI is InChI=1S/C8H12/c1-2-7-5-8(7)4-3-6(1)8/h6-7H,1-5H2/t6?,7-,8?/m1/s1. The summed E-state index contributed by atoms with van der Waals surface area (Å²) in [6, 6.07) is 0. The molecule has 0 amide bonds. The molecule has 0 nitrogen and oxygen atoms in total. The first-order valence-electron chi connectivity index (χ1n) is 3.92. The Morgan fingerprint density at radius 3 is 2.12 bits per heavy atom. The Balaban J connectivity index is 2.02. The lowest BCUT2D eigenvalue weighted by Crippen LogP contribution is -2.24. The zero-order valence-electron chi connectivity index (χ0n) is 5.19. The van der Waals surface area contributed by atoms with Crippen molar-refractivity contribution in [3.8, 4) is 0 Å². The summed E-state index contributed by atoms with van der Waals surface area (Å²) in [4.78, 5) is 0. The second kappa shape index (κ2) is 0.872. The van der Waals surface area contributed by atoms with Gasteiger partial charge in [-0.15, -0.1) is 0 Å². The van der Waals surface area contributed by atoms with Crippen LogP contribution in [0.25, 0.3) is 0 Å². The van der Waals surface area contributed by atoms with E-state index < -0.39 is 0 Å². The van der Waals surface area contributed by atoms with Gasteiger partial charge in [0.25, 0.3) is 0 Å². The second-order valence-corrected chi connectivity index (χ2v) is 3.95. The van der Waals surface area contributed by atoms with Gasteiger partial charge in [0.05, 0.1) is 0 Å².